The maximum absolute atomic E-state index is 4.12. The van der Waals surface area contributed by atoms with Gasteiger partial charge in [-0.3, -0.25) is 6.08 Å². The third-order valence-corrected chi connectivity index (χ3v) is 15.2. The van der Waals surface area contributed by atoms with Crippen molar-refractivity contribution < 1.29 is 49.0 Å². The van der Waals surface area contributed by atoms with Crippen LogP contribution in [0.15, 0.2) is 146 Å². The van der Waals surface area contributed by atoms with Gasteiger partial charge in [-0.15, -0.1) is 35.2 Å². The van der Waals surface area contributed by atoms with E-state index in [1.165, 1.54) is 131 Å². The molecule has 0 atom stereocenters. The summed E-state index contributed by atoms with van der Waals surface area (Å²) in [7, 11) is 0. The average molecular weight is 1020 g/mol. The molecule has 68 heavy (non-hydrogen) atoms. The van der Waals surface area contributed by atoms with Crippen LogP contribution in [0.1, 0.15) is 169 Å². The van der Waals surface area contributed by atoms with E-state index in [2.05, 4.69) is 187 Å². The Balaban J connectivity index is 0.000000274. The van der Waals surface area contributed by atoms with Crippen LogP contribution >= 0.6 is 0 Å². The van der Waals surface area contributed by atoms with Crippen LogP contribution in [0.4, 0.5) is 0 Å². The van der Waals surface area contributed by atoms with E-state index in [0.29, 0.717) is 11.8 Å². The molecule has 4 aliphatic carbocycles. The van der Waals surface area contributed by atoms with Crippen molar-refractivity contribution in [1.29, 1.82) is 0 Å². The molecule has 0 N–H and O–H groups in total. The van der Waals surface area contributed by atoms with Crippen molar-refractivity contribution in [1.82, 2.24) is 0 Å². The summed E-state index contributed by atoms with van der Waals surface area (Å²) in [5, 5.41) is 0. The minimum atomic E-state index is 0. The topological polar surface area (TPSA) is 0 Å². The third kappa shape index (κ3) is 13.5. The van der Waals surface area contributed by atoms with Gasteiger partial charge in [-0.05, 0) is 82.6 Å². The number of allylic oxidation sites excluding steroid dienone is 4. The van der Waals surface area contributed by atoms with Crippen LogP contribution < -0.4 is 24.8 Å². The fourth-order valence-electron chi connectivity index (χ4n) is 10.9. The molecule has 3 heteroatoms. The van der Waals surface area contributed by atoms with E-state index in [0.717, 1.165) is 25.7 Å². The Bertz CT molecular complexity index is 2450. The van der Waals surface area contributed by atoms with E-state index in [1.807, 2.05) is 12.2 Å². The molecule has 0 radical (unpaired) electrons. The van der Waals surface area contributed by atoms with Crippen molar-refractivity contribution in [3.63, 3.8) is 0 Å². The summed E-state index contributed by atoms with van der Waals surface area (Å²) in [6.07, 6.45) is 26.7. The van der Waals surface area contributed by atoms with E-state index in [-0.39, 0.29) is 35.6 Å². The molecule has 0 spiro atoms. The van der Waals surface area contributed by atoms with Crippen molar-refractivity contribution in [2.24, 2.45) is 0 Å². The van der Waals surface area contributed by atoms with Crippen molar-refractivity contribution in [3.05, 3.63) is 202 Å². The fraction of sp³-hybridized carbons (Fsp3) is 0.369. The Kier molecular flexibility index (Phi) is 19.5. The molecule has 0 heterocycles. The summed E-state index contributed by atoms with van der Waals surface area (Å²) < 4.78 is 1.60. The molecule has 2 fully saturated rings. The summed E-state index contributed by atoms with van der Waals surface area (Å²) in [4.78, 5) is 0. The average Bonchev–Trinajstić information content (AvgIpc) is 4.04. The molecule has 352 valence electrons. The van der Waals surface area contributed by atoms with Crippen LogP contribution in [-0.2, 0) is 54.3 Å². The zero-order chi connectivity index (χ0) is 46.1. The van der Waals surface area contributed by atoms with Crippen molar-refractivity contribution in [2.75, 3.05) is 0 Å². The summed E-state index contributed by atoms with van der Waals surface area (Å²) >= 11 is 1.55. The van der Waals surface area contributed by atoms with E-state index in [1.54, 1.807) is 38.6 Å². The number of hydrogen-bond donors (Lipinski definition) is 0. The molecular weight excluding hydrogens is 943 g/mol. The minimum absolute atomic E-state index is 0. The number of halogens is 2. The van der Waals surface area contributed by atoms with Crippen molar-refractivity contribution in [3.8, 4) is 33.4 Å². The van der Waals surface area contributed by atoms with Gasteiger partial charge in [0.25, 0.3) is 0 Å². The molecule has 0 aromatic heterocycles. The second-order valence-electron chi connectivity index (χ2n) is 21.5. The van der Waals surface area contributed by atoms with Gasteiger partial charge in [0.1, 0.15) is 0 Å². The van der Waals surface area contributed by atoms with Crippen LogP contribution in [0.25, 0.3) is 33.4 Å². The molecule has 6 aromatic rings. The Labute approximate surface area is 438 Å². The van der Waals surface area contributed by atoms with E-state index in [9.17, 15) is 0 Å². The number of benzene rings is 6. The molecule has 0 unspecified atom stereocenters. The molecule has 4 aliphatic rings. The first-order valence-corrected chi connectivity index (χ1v) is 26.5. The fourth-order valence-corrected chi connectivity index (χ4v) is 11.9. The van der Waals surface area contributed by atoms with Gasteiger partial charge in [0, 0.05) is 0 Å². The molecule has 0 bridgehead atoms. The van der Waals surface area contributed by atoms with Crippen LogP contribution in [0.5, 0.6) is 0 Å². The van der Waals surface area contributed by atoms with Gasteiger partial charge in [0.2, 0.25) is 0 Å². The quantitative estimate of drug-likeness (QED) is 0.133. The zero-order valence-electron chi connectivity index (χ0n) is 41.7. The van der Waals surface area contributed by atoms with Crippen LogP contribution in [0.3, 0.4) is 0 Å². The first kappa shape index (κ1) is 53.5. The molecule has 0 aliphatic heterocycles. The van der Waals surface area contributed by atoms with Gasteiger partial charge in [0.05, 0.1) is 0 Å². The van der Waals surface area contributed by atoms with E-state index in [4.69, 9.17) is 0 Å². The number of fused-ring (bicyclic) bond motifs is 3. The Morgan fingerprint density at radius 1 is 0.529 bits per heavy atom. The summed E-state index contributed by atoms with van der Waals surface area (Å²) in [5.41, 5.74) is 20.3. The molecule has 0 nitrogen and oxygen atoms in total. The van der Waals surface area contributed by atoms with Gasteiger partial charge in [0.15, 0.2) is 0 Å². The SMILES string of the molecule is CC(C)(C)c1cc2c([c-]c1-c1ccccc1C1CCCCC1)Cc1cc(-c3ccccc3C3CCCCC3)c(C(C)(C)C)cc1-2.[C-]1=CC=CC1.[Cl-].[Cl-].[Zr+2]=[C](Cc1ccccc1)Cc1ccccc1. The van der Waals surface area contributed by atoms with Crippen LogP contribution in [0, 0.1) is 12.1 Å². The Hall–Kier alpha value is -3.87. The van der Waals surface area contributed by atoms with E-state index >= 15 is 0 Å². The van der Waals surface area contributed by atoms with Gasteiger partial charge in [-0.25, -0.2) is 12.2 Å². The predicted octanol–water partition coefficient (Wildman–Crippen LogP) is 11.6. The first-order valence-electron chi connectivity index (χ1n) is 25.3. The standard InChI is InChI=1S/C45H53.C15H14.C5H5.2ClH.Zr/c1-44(2,3)42-28-38-32(26-40(42)36-23-15-13-21-34(36)30-17-9-7-10-18-30)25-33-27-41(43(29-39(33)38)45(4,5)6)37-24-16-14-22-35(37)31-19-11-8-12-20-31;1-3-8-14(9-4-1)12-7-13-15-10-5-2-6-11-15;1-2-4-5-3-1;;;/h13-16,21-24,26,28-31H,7-12,17-20,25H2,1-6H3;1-6,8-11H,12-13H2;1-3H,4H2;2*1H;/q-1;;-1;;;+2/p-2. The zero-order valence-corrected chi connectivity index (χ0v) is 45.6. The van der Waals surface area contributed by atoms with Crippen LogP contribution in [0.2, 0.25) is 0 Å². The normalized spacial score (nSPS) is 15.4. The van der Waals surface area contributed by atoms with Gasteiger partial charge in [-0.2, -0.15) is 6.08 Å². The Morgan fingerprint density at radius 2 is 1.01 bits per heavy atom. The summed E-state index contributed by atoms with van der Waals surface area (Å²) in [5.74, 6) is 1.35. The summed E-state index contributed by atoms with van der Waals surface area (Å²) in [6.45, 7) is 14.4. The molecular formula is C65H72Cl2Zr-2. The first-order chi connectivity index (χ1) is 31.9. The maximum atomic E-state index is 4.12. The van der Waals surface area contributed by atoms with E-state index < -0.39 is 0 Å². The molecule has 6 aromatic carbocycles. The van der Waals surface area contributed by atoms with Crippen LogP contribution in [-0.4, -0.2) is 3.21 Å². The second kappa shape index (κ2) is 24.8. The predicted molar refractivity (Wildman–Crippen MR) is 280 cm³/mol. The van der Waals surface area contributed by atoms with Crippen molar-refractivity contribution >= 4 is 3.21 Å². The molecule has 0 saturated heterocycles. The summed E-state index contributed by atoms with van der Waals surface area (Å²) in [6, 6.07) is 51.9. The number of rotatable bonds is 8. The molecule has 2 saturated carbocycles. The second-order valence-corrected chi connectivity index (χ2v) is 23.2. The number of hydrogen-bond acceptors (Lipinski definition) is 0. The monoisotopic (exact) mass is 1010 g/mol. The van der Waals surface area contributed by atoms with Gasteiger partial charge in [-0.1, -0.05) is 163 Å². The third-order valence-electron chi connectivity index (χ3n) is 14.4. The molecule has 10 rings (SSSR count). The van der Waals surface area contributed by atoms with Gasteiger partial charge < -0.3 is 24.8 Å². The van der Waals surface area contributed by atoms with Gasteiger partial charge >= 0.3 is 112 Å². The Morgan fingerprint density at radius 3 is 1.50 bits per heavy atom. The molecule has 0 amide bonds. The van der Waals surface area contributed by atoms with Crippen molar-refractivity contribution in [2.45, 2.75) is 154 Å².